The van der Waals surface area contributed by atoms with Crippen LogP contribution in [0, 0.1) is 25.0 Å². The largest absolute Gasteiger partial charge is 0 e. The predicted molar refractivity (Wildman–Crippen MR) is 272 cm³/mol. The summed E-state index contributed by atoms with van der Waals surface area (Å²) in [6, 6.07) is 49.9. The zero-order chi connectivity index (χ0) is 43.8. The van der Waals surface area contributed by atoms with E-state index in [2.05, 4.69) is 178 Å². The van der Waals surface area contributed by atoms with Gasteiger partial charge in [0.05, 0.1) is 16.9 Å². The number of hydrogen-bond acceptors (Lipinski definition) is 4. The fourth-order valence-electron chi connectivity index (χ4n) is 9.48. The molecule has 0 bridgehead atoms. The maximum Gasteiger partial charge on any atom is 0 e. The van der Waals surface area contributed by atoms with Crippen LogP contribution in [0.5, 0.6) is 0 Å². The van der Waals surface area contributed by atoms with Crippen LogP contribution in [-0.4, -0.2) is 32.8 Å². The molecule has 5 aromatic carbocycles. The molecule has 1 fully saturated rings. The minimum absolute atomic E-state index is 0. The standard InChI is InChI=1S/C37H32N3S.C20H26GeN.Ir/c1-22(2)30-20-26(25-12-7-6-8-13-25)21-31(23(3)4)34(30)40-33-17-10-9-16-32(33)39-36(40)29-15-11-14-27-28-19-18-24(5)38-37(28)41-35(27)29;1-21(2,3)19-15-22-20(17-11-5-4-6-12-17)14-18(19)13-16-9-7-8-10-16;/h6-14,16-23H,1-5H3;4-6,11,14-16H,7-10,13H2,1-3H3;/q2*-1;. The molecule has 0 spiro atoms. The normalized spacial score (nSPS) is 13.2. The first kappa shape index (κ1) is 45.8. The van der Waals surface area contributed by atoms with Gasteiger partial charge in [-0.25, -0.2) is 4.98 Å². The van der Waals surface area contributed by atoms with Crippen LogP contribution in [0.15, 0.2) is 128 Å². The molecule has 4 nitrogen and oxygen atoms in total. The second kappa shape index (κ2) is 19.4. The van der Waals surface area contributed by atoms with Crippen LogP contribution in [0.4, 0.5) is 0 Å². The Bertz CT molecular complexity index is 3020. The van der Waals surface area contributed by atoms with Crippen molar-refractivity contribution in [2.45, 2.75) is 95.8 Å². The second-order valence-corrected chi connectivity index (χ2v) is 30.6. The van der Waals surface area contributed by atoms with Gasteiger partial charge in [-0.15, -0.1) is 18.2 Å². The van der Waals surface area contributed by atoms with E-state index < -0.39 is 13.3 Å². The van der Waals surface area contributed by atoms with E-state index in [9.17, 15) is 0 Å². The Morgan fingerprint density at radius 2 is 1.44 bits per heavy atom. The van der Waals surface area contributed by atoms with Crippen LogP contribution in [0.2, 0.25) is 17.3 Å². The van der Waals surface area contributed by atoms with Crippen molar-refractivity contribution in [3.8, 4) is 39.5 Å². The number of pyridine rings is 2. The summed E-state index contributed by atoms with van der Waals surface area (Å²) in [6.07, 6.45) is 9.08. The summed E-state index contributed by atoms with van der Waals surface area (Å²) in [5.74, 6) is 9.87. The van der Waals surface area contributed by atoms with Gasteiger partial charge in [-0.1, -0.05) is 87.2 Å². The Morgan fingerprint density at radius 1 is 0.734 bits per heavy atom. The summed E-state index contributed by atoms with van der Waals surface area (Å²) in [7, 11) is 0. The molecule has 1 aliphatic rings. The summed E-state index contributed by atoms with van der Waals surface area (Å²) >= 11 is -0.135. The van der Waals surface area contributed by atoms with Crippen molar-refractivity contribution in [1.82, 2.24) is 19.5 Å². The van der Waals surface area contributed by atoms with Crippen LogP contribution in [0.25, 0.3) is 70.8 Å². The van der Waals surface area contributed by atoms with Crippen LogP contribution >= 0.6 is 11.3 Å². The molecule has 9 aromatic rings. The molecule has 64 heavy (non-hydrogen) atoms. The van der Waals surface area contributed by atoms with Crippen LogP contribution in [0.3, 0.4) is 0 Å². The van der Waals surface area contributed by atoms with Gasteiger partial charge < -0.3 is 4.57 Å². The summed E-state index contributed by atoms with van der Waals surface area (Å²) in [6.45, 7) is 11.2. The molecule has 1 aliphatic carbocycles. The van der Waals surface area contributed by atoms with Crippen LogP contribution in [-0.2, 0) is 26.5 Å². The fourth-order valence-corrected chi connectivity index (χ4v) is 14.0. The van der Waals surface area contributed by atoms with Gasteiger partial charge in [0, 0.05) is 31.5 Å². The van der Waals surface area contributed by atoms with E-state index in [1.54, 1.807) is 21.3 Å². The van der Waals surface area contributed by atoms with Crippen molar-refractivity contribution in [2.24, 2.45) is 5.92 Å². The molecular formula is C57H58GeIrN4S-2. The van der Waals surface area contributed by atoms with Crippen LogP contribution in [0.1, 0.15) is 87.6 Å². The third kappa shape index (κ3) is 9.35. The number of nitrogens with zero attached hydrogens (tertiary/aromatic N) is 4. The van der Waals surface area contributed by atoms with Crippen molar-refractivity contribution < 1.29 is 20.1 Å². The summed E-state index contributed by atoms with van der Waals surface area (Å²) in [5, 5.41) is 2.39. The molecule has 4 aromatic heterocycles. The molecule has 0 saturated heterocycles. The summed E-state index contributed by atoms with van der Waals surface area (Å²) < 4.78 is 5.17. The zero-order valence-electron chi connectivity index (χ0n) is 38.4. The van der Waals surface area contributed by atoms with Gasteiger partial charge in [0.1, 0.15) is 4.83 Å². The third-order valence-electron chi connectivity index (χ3n) is 12.7. The van der Waals surface area contributed by atoms with Gasteiger partial charge in [-0.05, 0) is 81.4 Å². The maximum absolute atomic E-state index is 5.30. The van der Waals surface area contributed by atoms with Gasteiger partial charge in [-0.2, -0.15) is 11.3 Å². The summed E-state index contributed by atoms with van der Waals surface area (Å²) in [4.78, 5) is 16.0. The smallest absolute Gasteiger partial charge is 0 e. The Kier molecular flexibility index (Phi) is 13.9. The van der Waals surface area contributed by atoms with Gasteiger partial charge in [0.25, 0.3) is 0 Å². The van der Waals surface area contributed by atoms with Crippen molar-refractivity contribution in [3.05, 3.63) is 162 Å². The number of imidazole rings is 1. The Labute approximate surface area is 400 Å². The van der Waals surface area contributed by atoms with Crippen molar-refractivity contribution in [3.63, 3.8) is 0 Å². The maximum atomic E-state index is 5.30. The molecule has 327 valence electrons. The fraction of sp³-hybridized carbons (Fsp3) is 0.281. The van der Waals surface area contributed by atoms with Crippen molar-refractivity contribution >= 4 is 60.3 Å². The molecule has 10 rings (SSSR count). The average Bonchev–Trinajstić information content (AvgIpc) is 4.04. The Morgan fingerprint density at radius 3 is 2.12 bits per heavy atom. The van der Waals surface area contributed by atoms with E-state index in [-0.39, 0.29) is 20.1 Å². The van der Waals surface area contributed by atoms with Crippen molar-refractivity contribution in [2.75, 3.05) is 0 Å². The van der Waals surface area contributed by atoms with E-state index in [0.29, 0.717) is 11.8 Å². The Hall–Kier alpha value is -4.72. The Balaban J connectivity index is 0.000000206. The van der Waals surface area contributed by atoms with Gasteiger partial charge in [0.15, 0.2) is 0 Å². The molecule has 0 unspecified atom stereocenters. The number of aryl methyl sites for hydroxylation is 1. The van der Waals surface area contributed by atoms with Crippen LogP contribution < -0.4 is 4.40 Å². The molecule has 0 aliphatic heterocycles. The number of fused-ring (bicyclic) bond motifs is 4. The number of benzene rings is 5. The van der Waals surface area contributed by atoms with E-state index >= 15 is 0 Å². The minimum Gasteiger partial charge on any atom is 0 e. The SMILES string of the molecule is Cc1ccc2c(n1)sc1c(-c3nc4ccccc4n3-c3c(C(C)C)cc(-c4ccccc4)cc3C(C)C)[c-]ccc12.[CH3][Ge]([CH3])([CH3])[c]1cnc(-c2[c-]cccc2)cc1CC1CCCC1.[Ir]. The average molecular weight is 1100 g/mol. The van der Waals surface area contributed by atoms with Gasteiger partial charge in [0.2, 0.25) is 0 Å². The third-order valence-corrected chi connectivity index (χ3v) is 18.2. The number of hydrogen-bond donors (Lipinski definition) is 0. The molecule has 1 radical (unpaired) electrons. The van der Waals surface area contributed by atoms with E-state index in [1.165, 1.54) is 75.5 Å². The van der Waals surface area contributed by atoms with E-state index in [4.69, 9.17) is 15.0 Å². The molecule has 4 heterocycles. The molecule has 1 saturated carbocycles. The second-order valence-electron chi connectivity index (χ2n) is 19.0. The first-order chi connectivity index (χ1) is 30.4. The number of aromatic nitrogens is 4. The topological polar surface area (TPSA) is 43.6 Å². The number of rotatable bonds is 9. The quantitative estimate of drug-likeness (QED) is 0.107. The number of thiophene rings is 1. The minimum atomic E-state index is -1.87. The van der Waals surface area contributed by atoms with Crippen molar-refractivity contribution in [1.29, 1.82) is 0 Å². The molecule has 7 heteroatoms. The first-order valence-electron chi connectivity index (χ1n) is 22.8. The van der Waals surface area contributed by atoms with Gasteiger partial charge in [-0.3, -0.25) is 4.98 Å². The predicted octanol–water partition coefficient (Wildman–Crippen LogP) is 15.3. The zero-order valence-corrected chi connectivity index (χ0v) is 43.7. The molecule has 0 atom stereocenters. The molecule has 0 N–H and O–H groups in total. The summed E-state index contributed by atoms with van der Waals surface area (Å²) in [5.41, 5.74) is 14.3. The van der Waals surface area contributed by atoms with E-state index in [0.717, 1.165) is 50.1 Å². The molecular weight excluding hydrogens is 1040 g/mol. The number of para-hydroxylation sites is 2. The van der Waals surface area contributed by atoms with E-state index in [1.807, 2.05) is 18.2 Å². The monoisotopic (exact) mass is 1100 g/mol. The van der Waals surface area contributed by atoms with Gasteiger partial charge >= 0.3 is 137 Å². The molecule has 0 amide bonds. The first-order valence-corrected chi connectivity index (χ1v) is 31.0.